The van der Waals surface area contributed by atoms with Gasteiger partial charge in [0.1, 0.15) is 5.75 Å². The summed E-state index contributed by atoms with van der Waals surface area (Å²) < 4.78 is 7.54. The maximum absolute atomic E-state index is 12.6. The van der Waals surface area contributed by atoms with Crippen LogP contribution in [0.3, 0.4) is 0 Å². The Morgan fingerprint density at radius 1 is 0.853 bits per heavy atom. The zero-order chi connectivity index (χ0) is 23.3. The van der Waals surface area contributed by atoms with E-state index in [1.165, 1.54) is 12.8 Å². The first-order chi connectivity index (χ1) is 16.6. The molecule has 2 aromatic heterocycles. The first kappa shape index (κ1) is 22.4. The SMILES string of the molecule is O=C(Nc1cccc(Oc2ccc3nc(NC(=O)C4CCCCC4)cn3n2)c1)C1CCCCC1. The molecule has 8 nitrogen and oxygen atoms in total. The average molecular weight is 462 g/mol. The van der Waals surface area contributed by atoms with Crippen LogP contribution in [0.25, 0.3) is 5.65 Å². The van der Waals surface area contributed by atoms with Crippen LogP contribution >= 0.6 is 0 Å². The molecule has 3 aromatic rings. The molecule has 2 aliphatic rings. The number of imidazole rings is 1. The van der Waals surface area contributed by atoms with Gasteiger partial charge in [-0.15, -0.1) is 5.10 Å². The monoisotopic (exact) mass is 461 g/mol. The molecule has 2 fully saturated rings. The van der Waals surface area contributed by atoms with Crippen LogP contribution in [0.15, 0.2) is 42.6 Å². The van der Waals surface area contributed by atoms with Gasteiger partial charge in [-0.1, -0.05) is 44.6 Å². The number of carbonyl (C=O) groups is 2. The van der Waals surface area contributed by atoms with Crippen molar-refractivity contribution >= 4 is 29.0 Å². The van der Waals surface area contributed by atoms with Crippen molar-refractivity contribution in [3.8, 4) is 11.6 Å². The highest BCUT2D eigenvalue weighted by Crippen LogP contribution is 2.28. The van der Waals surface area contributed by atoms with Gasteiger partial charge in [-0.05, 0) is 43.9 Å². The van der Waals surface area contributed by atoms with Gasteiger partial charge in [-0.25, -0.2) is 9.50 Å². The smallest absolute Gasteiger partial charge is 0.237 e. The number of hydrogen-bond donors (Lipinski definition) is 2. The molecule has 0 saturated heterocycles. The maximum atomic E-state index is 12.6. The fourth-order valence-corrected chi connectivity index (χ4v) is 4.94. The van der Waals surface area contributed by atoms with E-state index < -0.39 is 0 Å². The molecule has 0 spiro atoms. The summed E-state index contributed by atoms with van der Waals surface area (Å²) in [5, 5.41) is 10.4. The van der Waals surface area contributed by atoms with E-state index in [1.54, 1.807) is 28.9 Å². The molecule has 2 aliphatic carbocycles. The highest BCUT2D eigenvalue weighted by atomic mass is 16.5. The third-order valence-electron chi connectivity index (χ3n) is 6.82. The lowest BCUT2D eigenvalue weighted by molar-refractivity contribution is -0.121. The molecular formula is C26H31N5O3. The predicted octanol–water partition coefficient (Wildman–Crippen LogP) is 5.56. The minimum absolute atomic E-state index is 0.0340. The quantitative estimate of drug-likeness (QED) is 0.501. The van der Waals surface area contributed by atoms with Gasteiger partial charge in [-0.2, -0.15) is 0 Å². The number of hydrogen-bond acceptors (Lipinski definition) is 5. The standard InChI is InChI=1S/C26H31N5O3/c32-25(18-8-3-1-4-9-18)27-20-12-7-13-21(16-20)34-24-15-14-23-28-22(17-31(23)30-24)29-26(33)19-10-5-2-6-11-19/h7,12-19H,1-6,8-11H2,(H,27,32)(H,29,33). The first-order valence-corrected chi connectivity index (χ1v) is 12.4. The molecule has 34 heavy (non-hydrogen) atoms. The minimum Gasteiger partial charge on any atom is -0.438 e. The van der Waals surface area contributed by atoms with Crippen LogP contribution in [0, 0.1) is 11.8 Å². The van der Waals surface area contributed by atoms with Crippen LogP contribution in [-0.2, 0) is 9.59 Å². The Balaban J connectivity index is 1.23. The summed E-state index contributed by atoms with van der Waals surface area (Å²) in [5.74, 6) is 1.75. The van der Waals surface area contributed by atoms with Crippen LogP contribution in [0.5, 0.6) is 11.6 Å². The van der Waals surface area contributed by atoms with Crippen molar-refractivity contribution in [3.05, 3.63) is 42.6 Å². The number of rotatable bonds is 6. The molecule has 2 N–H and O–H groups in total. The second-order valence-corrected chi connectivity index (χ2v) is 9.38. The lowest BCUT2D eigenvalue weighted by atomic mass is 9.88. The molecule has 0 aliphatic heterocycles. The highest BCUT2D eigenvalue weighted by Gasteiger charge is 2.22. The Morgan fingerprint density at radius 2 is 1.53 bits per heavy atom. The molecule has 2 amide bonds. The molecule has 0 radical (unpaired) electrons. The predicted molar refractivity (Wildman–Crippen MR) is 130 cm³/mol. The number of aromatic nitrogens is 3. The normalized spacial score (nSPS) is 17.4. The van der Waals surface area contributed by atoms with E-state index in [2.05, 4.69) is 20.7 Å². The molecule has 8 heteroatoms. The first-order valence-electron chi connectivity index (χ1n) is 12.4. The van der Waals surface area contributed by atoms with Crippen molar-refractivity contribution < 1.29 is 14.3 Å². The fourth-order valence-electron chi connectivity index (χ4n) is 4.94. The number of fused-ring (bicyclic) bond motifs is 1. The fraction of sp³-hybridized carbons (Fsp3) is 0.462. The van der Waals surface area contributed by atoms with Crippen LogP contribution in [0.2, 0.25) is 0 Å². The Kier molecular flexibility index (Phi) is 6.74. The Morgan fingerprint density at radius 3 is 2.24 bits per heavy atom. The summed E-state index contributed by atoms with van der Waals surface area (Å²) in [4.78, 5) is 29.5. The lowest BCUT2D eigenvalue weighted by Gasteiger charge is -2.20. The van der Waals surface area contributed by atoms with Gasteiger partial charge in [0.15, 0.2) is 11.5 Å². The van der Waals surface area contributed by atoms with E-state index >= 15 is 0 Å². The van der Waals surface area contributed by atoms with Crippen LogP contribution in [0.4, 0.5) is 11.5 Å². The third-order valence-corrected chi connectivity index (χ3v) is 6.82. The number of ether oxygens (including phenoxy) is 1. The van der Waals surface area contributed by atoms with E-state index in [9.17, 15) is 9.59 Å². The van der Waals surface area contributed by atoms with Gasteiger partial charge in [0, 0.05) is 29.7 Å². The van der Waals surface area contributed by atoms with E-state index in [0.29, 0.717) is 28.8 Å². The van der Waals surface area contributed by atoms with Gasteiger partial charge < -0.3 is 15.4 Å². The second kappa shape index (κ2) is 10.2. The lowest BCUT2D eigenvalue weighted by Crippen LogP contribution is -2.24. The Bertz CT molecular complexity index is 1160. The number of amides is 2. The van der Waals surface area contributed by atoms with Crippen molar-refractivity contribution in [3.63, 3.8) is 0 Å². The molecule has 0 unspecified atom stereocenters. The largest absolute Gasteiger partial charge is 0.438 e. The molecule has 0 atom stereocenters. The van der Waals surface area contributed by atoms with Crippen molar-refractivity contribution in [2.75, 3.05) is 10.6 Å². The summed E-state index contributed by atoms with van der Waals surface area (Å²) in [5.41, 5.74) is 1.34. The summed E-state index contributed by atoms with van der Waals surface area (Å²) in [7, 11) is 0. The zero-order valence-corrected chi connectivity index (χ0v) is 19.3. The molecular weight excluding hydrogens is 430 g/mol. The molecule has 178 valence electrons. The topological polar surface area (TPSA) is 97.6 Å². The third kappa shape index (κ3) is 5.38. The van der Waals surface area contributed by atoms with Crippen molar-refractivity contribution in [1.82, 2.24) is 14.6 Å². The minimum atomic E-state index is 0.0340. The number of nitrogens with one attached hydrogen (secondary N) is 2. The number of anilines is 2. The number of benzene rings is 1. The van der Waals surface area contributed by atoms with Crippen molar-refractivity contribution in [1.29, 1.82) is 0 Å². The zero-order valence-electron chi connectivity index (χ0n) is 19.3. The van der Waals surface area contributed by atoms with Gasteiger partial charge in [0.05, 0.1) is 6.20 Å². The summed E-state index contributed by atoms with van der Waals surface area (Å²) in [6, 6.07) is 10.9. The molecule has 2 saturated carbocycles. The van der Waals surface area contributed by atoms with E-state index in [-0.39, 0.29) is 23.7 Å². The van der Waals surface area contributed by atoms with Crippen LogP contribution in [0.1, 0.15) is 64.2 Å². The van der Waals surface area contributed by atoms with E-state index in [0.717, 1.165) is 51.4 Å². The van der Waals surface area contributed by atoms with Crippen molar-refractivity contribution in [2.45, 2.75) is 64.2 Å². The van der Waals surface area contributed by atoms with Gasteiger partial charge in [0.25, 0.3) is 0 Å². The second-order valence-electron chi connectivity index (χ2n) is 9.38. The van der Waals surface area contributed by atoms with E-state index in [1.807, 2.05) is 18.2 Å². The van der Waals surface area contributed by atoms with Gasteiger partial charge in [-0.3, -0.25) is 9.59 Å². The highest BCUT2D eigenvalue weighted by molar-refractivity contribution is 5.93. The Hall–Kier alpha value is -3.42. The molecule has 5 rings (SSSR count). The van der Waals surface area contributed by atoms with Gasteiger partial charge >= 0.3 is 0 Å². The summed E-state index contributed by atoms with van der Waals surface area (Å²) in [6.45, 7) is 0. The number of nitrogens with zero attached hydrogens (tertiary/aromatic N) is 3. The van der Waals surface area contributed by atoms with Crippen LogP contribution in [-0.4, -0.2) is 26.4 Å². The van der Waals surface area contributed by atoms with Crippen molar-refractivity contribution in [2.24, 2.45) is 11.8 Å². The number of carbonyl (C=O) groups excluding carboxylic acids is 2. The average Bonchev–Trinajstić information content (AvgIpc) is 3.27. The summed E-state index contributed by atoms with van der Waals surface area (Å²) in [6.07, 6.45) is 12.4. The van der Waals surface area contributed by atoms with Gasteiger partial charge in [0.2, 0.25) is 17.7 Å². The molecule has 2 heterocycles. The maximum Gasteiger partial charge on any atom is 0.237 e. The van der Waals surface area contributed by atoms with E-state index in [4.69, 9.17) is 4.74 Å². The van der Waals surface area contributed by atoms with Crippen LogP contribution < -0.4 is 15.4 Å². The molecule has 0 bridgehead atoms. The summed E-state index contributed by atoms with van der Waals surface area (Å²) >= 11 is 0. The molecule has 1 aromatic carbocycles. The Labute approximate surface area is 199 Å².